The summed E-state index contributed by atoms with van der Waals surface area (Å²) in [6.07, 6.45) is -0.276. The molecule has 1 unspecified atom stereocenters. The van der Waals surface area contributed by atoms with Gasteiger partial charge in [0.05, 0.1) is 30.5 Å². The van der Waals surface area contributed by atoms with Crippen molar-refractivity contribution in [2.75, 3.05) is 0 Å². The van der Waals surface area contributed by atoms with Crippen molar-refractivity contribution in [1.29, 1.82) is 0 Å². The monoisotopic (exact) mass is 252 g/mol. The number of nitrogens with zero attached hydrogens (tertiary/aromatic N) is 4. The molecule has 1 aliphatic heterocycles. The van der Waals surface area contributed by atoms with Crippen molar-refractivity contribution in [3.63, 3.8) is 0 Å². The highest BCUT2D eigenvalue weighted by molar-refractivity contribution is 5.68. The Hall–Kier alpha value is -1.59. The lowest BCUT2D eigenvalue weighted by Crippen LogP contribution is -2.47. The molecular weight excluding hydrogens is 232 g/mol. The summed E-state index contributed by atoms with van der Waals surface area (Å²) in [5, 5.41) is 8.10. The Kier molecular flexibility index (Phi) is 3.04. The van der Waals surface area contributed by atoms with Crippen molar-refractivity contribution in [3.05, 3.63) is 11.4 Å². The molecule has 0 spiro atoms. The fourth-order valence-electron chi connectivity index (χ4n) is 1.99. The minimum atomic E-state index is -0.470. The number of ether oxygens (including phenoxy) is 1. The van der Waals surface area contributed by atoms with Crippen LogP contribution in [0.3, 0.4) is 0 Å². The highest BCUT2D eigenvalue weighted by atomic mass is 16.6. The van der Waals surface area contributed by atoms with Gasteiger partial charge in [0.1, 0.15) is 5.60 Å². The summed E-state index contributed by atoms with van der Waals surface area (Å²) in [6, 6.07) is 0.0634. The summed E-state index contributed by atoms with van der Waals surface area (Å²) in [6.45, 7) is 10.7. The summed E-state index contributed by atoms with van der Waals surface area (Å²) in [5.41, 5.74) is 1.39. The Balaban J connectivity index is 2.16. The molecule has 2 rings (SSSR count). The lowest BCUT2D eigenvalue weighted by atomic mass is 10.2. The van der Waals surface area contributed by atoms with Crippen LogP contribution < -0.4 is 0 Å². The van der Waals surface area contributed by atoms with Gasteiger partial charge >= 0.3 is 6.09 Å². The van der Waals surface area contributed by atoms with Gasteiger partial charge in [0.25, 0.3) is 0 Å². The third kappa shape index (κ3) is 2.47. The highest BCUT2D eigenvalue weighted by Crippen LogP contribution is 2.21. The van der Waals surface area contributed by atoms with E-state index < -0.39 is 5.60 Å². The lowest BCUT2D eigenvalue weighted by Gasteiger charge is -2.35. The van der Waals surface area contributed by atoms with Gasteiger partial charge in [0.15, 0.2) is 0 Å². The van der Waals surface area contributed by atoms with Gasteiger partial charge in [0.2, 0.25) is 0 Å². The van der Waals surface area contributed by atoms with Gasteiger partial charge in [-0.05, 0) is 34.6 Å². The van der Waals surface area contributed by atoms with E-state index in [-0.39, 0.29) is 12.1 Å². The molecule has 2 heterocycles. The van der Waals surface area contributed by atoms with Gasteiger partial charge < -0.3 is 4.74 Å². The third-order valence-corrected chi connectivity index (χ3v) is 2.95. The van der Waals surface area contributed by atoms with E-state index in [9.17, 15) is 4.79 Å². The molecule has 0 saturated heterocycles. The normalized spacial score (nSPS) is 19.6. The number of carbonyl (C=O) groups is 1. The Morgan fingerprint density at radius 1 is 1.44 bits per heavy atom. The molecule has 0 saturated carbocycles. The highest BCUT2D eigenvalue weighted by Gasteiger charge is 2.32. The van der Waals surface area contributed by atoms with Crippen LogP contribution in [0.4, 0.5) is 4.79 Å². The van der Waals surface area contributed by atoms with E-state index in [0.717, 1.165) is 11.4 Å². The van der Waals surface area contributed by atoms with Gasteiger partial charge in [-0.25, -0.2) is 9.48 Å². The molecule has 18 heavy (non-hydrogen) atoms. The molecular formula is C12H20N4O2. The predicted octanol–water partition coefficient (Wildman–Crippen LogP) is 1.73. The zero-order valence-electron chi connectivity index (χ0n) is 11.6. The van der Waals surface area contributed by atoms with Crippen LogP contribution in [0.25, 0.3) is 0 Å². The molecule has 0 radical (unpaired) electrons. The molecule has 6 nitrogen and oxygen atoms in total. The number of hydrogen-bond donors (Lipinski definition) is 0. The number of aromatic nitrogens is 3. The van der Waals surface area contributed by atoms with E-state index in [2.05, 4.69) is 10.3 Å². The first-order chi connectivity index (χ1) is 8.28. The molecule has 1 amide bonds. The zero-order valence-corrected chi connectivity index (χ0v) is 11.6. The van der Waals surface area contributed by atoms with Gasteiger partial charge in [0, 0.05) is 0 Å². The van der Waals surface area contributed by atoms with Crippen LogP contribution in [0, 0.1) is 6.92 Å². The maximum Gasteiger partial charge on any atom is 0.410 e. The van der Waals surface area contributed by atoms with Crippen LogP contribution in [-0.4, -0.2) is 37.6 Å². The number of amides is 1. The van der Waals surface area contributed by atoms with Crippen molar-refractivity contribution in [3.8, 4) is 0 Å². The molecule has 0 bridgehead atoms. The van der Waals surface area contributed by atoms with Crippen LogP contribution in [0.1, 0.15) is 39.1 Å². The summed E-state index contributed by atoms with van der Waals surface area (Å²) in [5.74, 6) is 0. The average Bonchev–Trinajstić information content (AvgIpc) is 2.56. The molecule has 100 valence electrons. The van der Waals surface area contributed by atoms with E-state index in [0.29, 0.717) is 13.1 Å². The third-order valence-electron chi connectivity index (χ3n) is 2.95. The van der Waals surface area contributed by atoms with Gasteiger partial charge in [-0.2, -0.15) is 0 Å². The maximum absolute atomic E-state index is 12.1. The zero-order chi connectivity index (χ0) is 13.5. The summed E-state index contributed by atoms with van der Waals surface area (Å²) < 4.78 is 7.28. The minimum absolute atomic E-state index is 0.0634. The van der Waals surface area contributed by atoms with Crippen molar-refractivity contribution >= 4 is 6.09 Å². The van der Waals surface area contributed by atoms with Crippen LogP contribution >= 0.6 is 0 Å². The van der Waals surface area contributed by atoms with Crippen molar-refractivity contribution in [2.45, 2.75) is 59.4 Å². The smallest absolute Gasteiger partial charge is 0.410 e. The molecule has 0 fully saturated rings. The number of rotatable bonds is 0. The first-order valence-corrected chi connectivity index (χ1v) is 6.16. The molecule has 1 atom stereocenters. The van der Waals surface area contributed by atoms with Crippen molar-refractivity contribution < 1.29 is 9.53 Å². The molecule has 1 aliphatic rings. The molecule has 1 aromatic heterocycles. The standard InChI is InChI=1S/C12H20N4O2/c1-8-6-16-10(9(2)13-14-16)7-15(8)11(17)18-12(3,4)5/h8H,6-7H2,1-5H3. The first-order valence-electron chi connectivity index (χ1n) is 6.16. The Bertz CT molecular complexity index is 461. The Morgan fingerprint density at radius 3 is 2.72 bits per heavy atom. The summed E-state index contributed by atoms with van der Waals surface area (Å²) >= 11 is 0. The van der Waals surface area contributed by atoms with Crippen LogP contribution in [0.5, 0.6) is 0 Å². The van der Waals surface area contributed by atoms with E-state index in [4.69, 9.17) is 4.74 Å². The van der Waals surface area contributed by atoms with E-state index in [1.165, 1.54) is 0 Å². The van der Waals surface area contributed by atoms with E-state index in [1.54, 1.807) is 4.90 Å². The predicted molar refractivity (Wildman–Crippen MR) is 66.0 cm³/mol. The SMILES string of the molecule is Cc1nnn2c1CN(C(=O)OC(C)(C)C)C(C)C2. The fraction of sp³-hybridized carbons (Fsp3) is 0.750. The second-order valence-corrected chi connectivity index (χ2v) is 5.76. The van der Waals surface area contributed by atoms with Gasteiger partial charge in [-0.3, -0.25) is 4.90 Å². The number of fused-ring (bicyclic) bond motifs is 1. The van der Waals surface area contributed by atoms with Crippen LogP contribution in [0.2, 0.25) is 0 Å². The fourth-order valence-corrected chi connectivity index (χ4v) is 1.99. The topological polar surface area (TPSA) is 60.2 Å². The minimum Gasteiger partial charge on any atom is -0.444 e. The average molecular weight is 252 g/mol. The quantitative estimate of drug-likeness (QED) is 0.705. The first kappa shape index (κ1) is 12.9. The molecule has 0 N–H and O–H groups in total. The maximum atomic E-state index is 12.1. The van der Waals surface area contributed by atoms with Crippen molar-refractivity contribution in [1.82, 2.24) is 19.9 Å². The van der Waals surface area contributed by atoms with Gasteiger partial charge in [-0.15, -0.1) is 5.10 Å². The number of carbonyl (C=O) groups excluding carboxylic acids is 1. The molecule has 0 aliphatic carbocycles. The van der Waals surface area contributed by atoms with Crippen molar-refractivity contribution in [2.24, 2.45) is 0 Å². The van der Waals surface area contributed by atoms with Gasteiger partial charge in [-0.1, -0.05) is 5.21 Å². The van der Waals surface area contributed by atoms with E-state index >= 15 is 0 Å². The Labute approximate surface area is 107 Å². The molecule has 6 heteroatoms. The lowest BCUT2D eigenvalue weighted by molar-refractivity contribution is 0.00897. The number of hydrogen-bond acceptors (Lipinski definition) is 4. The summed E-state index contributed by atoms with van der Waals surface area (Å²) in [4.78, 5) is 13.9. The van der Waals surface area contributed by atoms with E-state index in [1.807, 2.05) is 39.3 Å². The van der Waals surface area contributed by atoms with Crippen LogP contribution in [-0.2, 0) is 17.8 Å². The van der Waals surface area contributed by atoms with Crippen LogP contribution in [0.15, 0.2) is 0 Å². The number of aryl methyl sites for hydroxylation is 1. The second kappa shape index (κ2) is 4.26. The second-order valence-electron chi connectivity index (χ2n) is 5.76. The molecule has 1 aromatic rings. The summed E-state index contributed by atoms with van der Waals surface area (Å²) in [7, 11) is 0. The molecule has 0 aromatic carbocycles. The Morgan fingerprint density at radius 2 is 2.11 bits per heavy atom. The largest absolute Gasteiger partial charge is 0.444 e.